The number of rotatable bonds is 4. The lowest BCUT2D eigenvalue weighted by Crippen LogP contribution is -2.48. The Morgan fingerprint density at radius 1 is 1.17 bits per heavy atom. The molecule has 2 atom stereocenters. The van der Waals surface area contributed by atoms with E-state index in [9.17, 15) is 9.59 Å². The summed E-state index contributed by atoms with van der Waals surface area (Å²) in [6.07, 6.45) is 7.10. The van der Waals surface area contributed by atoms with Crippen LogP contribution < -0.4 is 5.32 Å². The van der Waals surface area contributed by atoms with Crippen LogP contribution in [0.4, 0.5) is 0 Å². The van der Waals surface area contributed by atoms with Crippen molar-refractivity contribution >= 4 is 11.9 Å². The molecule has 3 rings (SSSR count). The maximum absolute atomic E-state index is 13.2. The molecule has 1 aromatic carbocycles. The molecule has 2 aliphatic carbocycles. The highest BCUT2D eigenvalue weighted by molar-refractivity contribution is 5.88. The summed E-state index contributed by atoms with van der Waals surface area (Å²) < 4.78 is 0. The van der Waals surface area contributed by atoms with E-state index in [1.54, 1.807) is 0 Å². The van der Waals surface area contributed by atoms with E-state index in [0.29, 0.717) is 12.8 Å². The number of carboxylic acid groups (broad SMARTS) is 1. The first-order valence-electron chi connectivity index (χ1n) is 9.12. The van der Waals surface area contributed by atoms with Crippen molar-refractivity contribution in [2.75, 3.05) is 0 Å². The van der Waals surface area contributed by atoms with Gasteiger partial charge >= 0.3 is 5.97 Å². The van der Waals surface area contributed by atoms with E-state index in [2.05, 4.69) is 30.4 Å². The van der Waals surface area contributed by atoms with Crippen molar-refractivity contribution in [1.29, 1.82) is 0 Å². The summed E-state index contributed by atoms with van der Waals surface area (Å²) in [7, 11) is 0. The highest BCUT2D eigenvalue weighted by Crippen LogP contribution is 2.40. The lowest BCUT2D eigenvalue weighted by molar-refractivity contribution is -0.141. The summed E-state index contributed by atoms with van der Waals surface area (Å²) in [5.74, 6) is -0.946. The first-order chi connectivity index (χ1) is 11.5. The predicted octanol–water partition coefficient (Wildman–Crippen LogP) is 3.57. The fourth-order valence-corrected chi connectivity index (χ4v) is 4.41. The van der Waals surface area contributed by atoms with Crippen molar-refractivity contribution in [2.24, 2.45) is 5.92 Å². The van der Waals surface area contributed by atoms with Gasteiger partial charge in [0.05, 0.1) is 11.3 Å². The number of aryl methyl sites for hydroxylation is 1. The van der Waals surface area contributed by atoms with E-state index in [0.717, 1.165) is 37.7 Å². The van der Waals surface area contributed by atoms with Gasteiger partial charge in [0.15, 0.2) is 0 Å². The molecule has 0 bridgehead atoms. The Morgan fingerprint density at radius 3 is 2.54 bits per heavy atom. The van der Waals surface area contributed by atoms with Gasteiger partial charge in [0.1, 0.15) is 0 Å². The largest absolute Gasteiger partial charge is 0.481 e. The van der Waals surface area contributed by atoms with E-state index in [4.69, 9.17) is 5.11 Å². The third-order valence-corrected chi connectivity index (χ3v) is 5.83. The lowest BCUT2D eigenvalue weighted by Gasteiger charge is -2.37. The van der Waals surface area contributed by atoms with E-state index >= 15 is 0 Å². The van der Waals surface area contributed by atoms with Crippen molar-refractivity contribution in [3.8, 4) is 0 Å². The van der Waals surface area contributed by atoms with Gasteiger partial charge in [-0.25, -0.2) is 0 Å². The number of carbonyl (C=O) groups excluding carboxylic acids is 1. The molecule has 24 heavy (non-hydrogen) atoms. The molecule has 0 radical (unpaired) electrons. The Balaban J connectivity index is 1.79. The predicted molar refractivity (Wildman–Crippen MR) is 92.8 cm³/mol. The van der Waals surface area contributed by atoms with Gasteiger partial charge in [-0.2, -0.15) is 0 Å². The minimum absolute atomic E-state index is 0.00205. The van der Waals surface area contributed by atoms with E-state index in [1.165, 1.54) is 12.0 Å². The van der Waals surface area contributed by atoms with Crippen LogP contribution in [0.5, 0.6) is 0 Å². The molecule has 2 N–H and O–H groups in total. The molecule has 1 aromatic rings. The third kappa shape index (κ3) is 3.33. The van der Waals surface area contributed by atoms with Gasteiger partial charge in [0.25, 0.3) is 0 Å². The second kappa shape index (κ2) is 6.96. The Labute approximate surface area is 143 Å². The number of carbonyl (C=O) groups is 2. The standard InChI is InChI=1S/C20H27NO3/c1-14-6-5-7-16(12-14)20(10-3-2-4-11-20)19(24)21-17-9-8-15(13-17)18(22)23/h5-7,12,15,17H,2-4,8-11,13H2,1H3,(H,21,24)(H,22,23)/t15-,17+/m1/s1. The molecule has 0 spiro atoms. The van der Waals surface area contributed by atoms with Crippen LogP contribution in [-0.2, 0) is 15.0 Å². The molecule has 2 fully saturated rings. The van der Waals surface area contributed by atoms with E-state index < -0.39 is 11.4 Å². The zero-order valence-corrected chi connectivity index (χ0v) is 14.4. The van der Waals surface area contributed by atoms with Crippen molar-refractivity contribution in [2.45, 2.75) is 69.7 Å². The topological polar surface area (TPSA) is 66.4 Å². The van der Waals surface area contributed by atoms with E-state index in [1.807, 2.05) is 6.07 Å². The molecule has 130 valence electrons. The van der Waals surface area contributed by atoms with Crippen molar-refractivity contribution in [3.05, 3.63) is 35.4 Å². The number of aliphatic carboxylic acids is 1. The van der Waals surface area contributed by atoms with Crippen LogP contribution in [0.15, 0.2) is 24.3 Å². The number of nitrogens with one attached hydrogen (secondary N) is 1. The van der Waals surface area contributed by atoms with Crippen LogP contribution in [-0.4, -0.2) is 23.0 Å². The zero-order valence-electron chi connectivity index (χ0n) is 14.4. The monoisotopic (exact) mass is 329 g/mol. The van der Waals surface area contributed by atoms with Crippen LogP contribution >= 0.6 is 0 Å². The second-order valence-corrected chi connectivity index (χ2v) is 7.53. The number of hydrogen-bond donors (Lipinski definition) is 2. The third-order valence-electron chi connectivity index (χ3n) is 5.83. The summed E-state index contributed by atoms with van der Waals surface area (Å²) in [6.45, 7) is 2.06. The first-order valence-corrected chi connectivity index (χ1v) is 9.12. The maximum Gasteiger partial charge on any atom is 0.306 e. The van der Waals surface area contributed by atoms with Crippen molar-refractivity contribution in [3.63, 3.8) is 0 Å². The molecule has 0 aromatic heterocycles. The van der Waals surface area contributed by atoms with E-state index in [-0.39, 0.29) is 17.9 Å². The van der Waals surface area contributed by atoms with Gasteiger partial charge in [-0.05, 0) is 44.6 Å². The summed E-state index contributed by atoms with van der Waals surface area (Å²) in [5.41, 5.74) is 1.86. The smallest absolute Gasteiger partial charge is 0.306 e. The van der Waals surface area contributed by atoms with Gasteiger partial charge in [0, 0.05) is 6.04 Å². The number of benzene rings is 1. The van der Waals surface area contributed by atoms with Crippen LogP contribution in [0.2, 0.25) is 0 Å². The molecule has 4 heteroatoms. The summed E-state index contributed by atoms with van der Waals surface area (Å²) in [4.78, 5) is 24.3. The van der Waals surface area contributed by atoms with Crippen LogP contribution in [0, 0.1) is 12.8 Å². The fraction of sp³-hybridized carbons (Fsp3) is 0.600. The quantitative estimate of drug-likeness (QED) is 0.887. The molecule has 2 aliphatic rings. The Kier molecular flexibility index (Phi) is 4.93. The summed E-state index contributed by atoms with van der Waals surface area (Å²) >= 11 is 0. The summed E-state index contributed by atoms with van der Waals surface area (Å²) in [6, 6.07) is 8.31. The zero-order chi connectivity index (χ0) is 17.2. The van der Waals surface area contributed by atoms with Crippen molar-refractivity contribution < 1.29 is 14.7 Å². The normalized spacial score (nSPS) is 26.0. The number of hydrogen-bond acceptors (Lipinski definition) is 2. The summed E-state index contributed by atoms with van der Waals surface area (Å²) in [5, 5.41) is 12.4. The SMILES string of the molecule is Cc1cccc(C2(C(=O)N[C@H]3CC[C@@H](C(=O)O)C3)CCCCC2)c1. The second-order valence-electron chi connectivity index (χ2n) is 7.53. The molecule has 0 aliphatic heterocycles. The highest BCUT2D eigenvalue weighted by atomic mass is 16.4. The Hall–Kier alpha value is -1.84. The van der Waals surface area contributed by atoms with Gasteiger partial charge in [-0.15, -0.1) is 0 Å². The molecule has 0 unspecified atom stereocenters. The van der Waals surface area contributed by atoms with Gasteiger partial charge in [0.2, 0.25) is 5.91 Å². The average molecular weight is 329 g/mol. The molecule has 4 nitrogen and oxygen atoms in total. The molecule has 2 saturated carbocycles. The van der Waals surface area contributed by atoms with Gasteiger partial charge in [-0.1, -0.05) is 49.1 Å². The molecular formula is C20H27NO3. The molecular weight excluding hydrogens is 302 g/mol. The minimum Gasteiger partial charge on any atom is -0.481 e. The van der Waals surface area contributed by atoms with Gasteiger partial charge in [-0.3, -0.25) is 9.59 Å². The highest BCUT2D eigenvalue weighted by Gasteiger charge is 2.42. The molecule has 1 amide bonds. The Bertz CT molecular complexity index is 619. The lowest BCUT2D eigenvalue weighted by atomic mass is 9.68. The van der Waals surface area contributed by atoms with Crippen LogP contribution in [0.1, 0.15) is 62.5 Å². The number of amides is 1. The van der Waals surface area contributed by atoms with Crippen molar-refractivity contribution in [1.82, 2.24) is 5.32 Å². The molecule has 0 heterocycles. The first kappa shape index (κ1) is 17.0. The number of carboxylic acids is 1. The van der Waals surface area contributed by atoms with Crippen LogP contribution in [0.25, 0.3) is 0 Å². The average Bonchev–Trinajstić information content (AvgIpc) is 3.04. The minimum atomic E-state index is -0.738. The fourth-order valence-electron chi connectivity index (χ4n) is 4.41. The van der Waals surface area contributed by atoms with Crippen LogP contribution in [0.3, 0.4) is 0 Å². The van der Waals surface area contributed by atoms with Gasteiger partial charge < -0.3 is 10.4 Å². The maximum atomic E-state index is 13.2. The Morgan fingerprint density at radius 2 is 1.92 bits per heavy atom. The molecule has 0 saturated heterocycles.